The van der Waals surface area contributed by atoms with Gasteiger partial charge in [0.2, 0.25) is 0 Å². The van der Waals surface area contributed by atoms with Crippen molar-refractivity contribution >= 4 is 22.5 Å². The second kappa shape index (κ2) is 8.68. The van der Waals surface area contributed by atoms with Crippen molar-refractivity contribution in [2.75, 3.05) is 0 Å². The average molecular weight is 427 g/mol. The molecule has 6 heteroatoms. The van der Waals surface area contributed by atoms with Crippen LogP contribution in [0, 0.1) is 0 Å². The van der Waals surface area contributed by atoms with E-state index in [2.05, 4.69) is 34.6 Å². The predicted octanol–water partition coefficient (Wildman–Crippen LogP) is 5.85. The van der Waals surface area contributed by atoms with Gasteiger partial charge in [-0.2, -0.15) is 0 Å². The largest absolute Gasteiger partial charge is 0.370 e. The van der Waals surface area contributed by atoms with E-state index < -0.39 is 0 Å². The Bertz CT molecular complexity index is 1320. The van der Waals surface area contributed by atoms with Crippen molar-refractivity contribution in [3.05, 3.63) is 107 Å². The monoisotopic (exact) mass is 426 g/mol. The van der Waals surface area contributed by atoms with Gasteiger partial charge >= 0.3 is 0 Å². The Hall–Kier alpha value is -3.54. The molecule has 0 atom stereocenters. The summed E-state index contributed by atoms with van der Waals surface area (Å²) >= 11 is 5.95. The number of halogens is 1. The highest BCUT2D eigenvalue weighted by Crippen LogP contribution is 2.25. The minimum absolute atomic E-state index is 0.366. The van der Waals surface area contributed by atoms with Crippen molar-refractivity contribution in [1.82, 2.24) is 20.0 Å². The second-order valence-corrected chi connectivity index (χ2v) is 7.61. The van der Waals surface area contributed by atoms with Crippen molar-refractivity contribution in [2.24, 2.45) is 0 Å². The first kappa shape index (κ1) is 19.4. The molecule has 0 aliphatic rings. The molecule has 0 unspecified atom stereocenters. The molecule has 152 valence electrons. The van der Waals surface area contributed by atoms with E-state index in [1.807, 2.05) is 66.9 Å². The van der Waals surface area contributed by atoms with Crippen molar-refractivity contribution < 1.29 is 4.74 Å². The van der Waals surface area contributed by atoms with Gasteiger partial charge in [-0.25, -0.2) is 9.67 Å². The zero-order valence-electron chi connectivity index (χ0n) is 16.6. The zero-order chi connectivity index (χ0) is 21.0. The molecule has 2 heterocycles. The molecule has 3 aromatic carbocycles. The molecule has 0 saturated carbocycles. The first-order valence-electron chi connectivity index (χ1n) is 9.95. The van der Waals surface area contributed by atoms with Crippen LogP contribution in [-0.4, -0.2) is 20.0 Å². The minimum Gasteiger partial charge on any atom is -0.370 e. The molecule has 0 amide bonds. The summed E-state index contributed by atoms with van der Waals surface area (Å²) < 4.78 is 7.72. The lowest BCUT2D eigenvalue weighted by Gasteiger charge is -2.10. The Morgan fingerprint density at radius 1 is 0.839 bits per heavy atom. The Balaban J connectivity index is 1.35. The molecule has 5 rings (SSSR count). The molecule has 0 fully saturated rings. The normalized spacial score (nSPS) is 11.1. The molecule has 0 spiro atoms. The fourth-order valence-corrected chi connectivity index (χ4v) is 3.60. The summed E-state index contributed by atoms with van der Waals surface area (Å²) in [4.78, 5) is 4.82. The quantitative estimate of drug-likeness (QED) is 0.341. The first-order valence-corrected chi connectivity index (χ1v) is 10.3. The molecule has 0 radical (unpaired) electrons. The number of ether oxygens (including phenoxy) is 1. The summed E-state index contributed by atoms with van der Waals surface area (Å²) in [5.41, 5.74) is 5.73. The third-order valence-corrected chi connectivity index (χ3v) is 5.26. The molecule has 0 saturated heterocycles. The van der Waals surface area contributed by atoms with Gasteiger partial charge in [-0.05, 0) is 42.0 Å². The van der Waals surface area contributed by atoms with Gasteiger partial charge in [-0.15, -0.1) is 5.10 Å². The molecule has 5 aromatic rings. The SMILES string of the molecule is Clc1ccc(-n2cc(COCc3cc(-c4ccccc4)nc4ccccc34)nn2)cc1. The van der Waals surface area contributed by atoms with Crippen LogP contribution in [-0.2, 0) is 18.0 Å². The number of hydrogen-bond donors (Lipinski definition) is 0. The van der Waals surface area contributed by atoms with E-state index in [0.29, 0.717) is 18.2 Å². The van der Waals surface area contributed by atoms with Crippen LogP contribution in [0.1, 0.15) is 11.3 Å². The molecular weight excluding hydrogens is 408 g/mol. The summed E-state index contributed by atoms with van der Waals surface area (Å²) in [5.74, 6) is 0. The summed E-state index contributed by atoms with van der Waals surface area (Å²) in [7, 11) is 0. The Labute approximate surface area is 184 Å². The Morgan fingerprint density at radius 2 is 1.61 bits per heavy atom. The van der Waals surface area contributed by atoms with Crippen LogP contribution >= 0.6 is 11.6 Å². The number of rotatable bonds is 6. The smallest absolute Gasteiger partial charge is 0.109 e. The van der Waals surface area contributed by atoms with Crippen molar-refractivity contribution in [2.45, 2.75) is 13.2 Å². The molecule has 0 N–H and O–H groups in total. The number of para-hydroxylation sites is 1. The number of aromatic nitrogens is 4. The summed E-state index contributed by atoms with van der Waals surface area (Å²) in [5, 5.41) is 10.2. The van der Waals surface area contributed by atoms with Crippen molar-refractivity contribution in [3.63, 3.8) is 0 Å². The molecule has 31 heavy (non-hydrogen) atoms. The lowest BCUT2D eigenvalue weighted by molar-refractivity contribution is 0.105. The van der Waals surface area contributed by atoms with E-state index in [9.17, 15) is 0 Å². The van der Waals surface area contributed by atoms with Gasteiger partial charge in [0.05, 0.1) is 36.3 Å². The lowest BCUT2D eigenvalue weighted by Crippen LogP contribution is -1.98. The van der Waals surface area contributed by atoms with Crippen LogP contribution in [0.25, 0.3) is 27.8 Å². The highest BCUT2D eigenvalue weighted by molar-refractivity contribution is 6.30. The van der Waals surface area contributed by atoms with Gasteiger partial charge in [0.1, 0.15) is 5.69 Å². The highest BCUT2D eigenvalue weighted by Gasteiger charge is 2.09. The van der Waals surface area contributed by atoms with Crippen molar-refractivity contribution in [3.8, 4) is 16.9 Å². The van der Waals surface area contributed by atoms with E-state index >= 15 is 0 Å². The van der Waals surface area contributed by atoms with Crippen LogP contribution in [0.4, 0.5) is 0 Å². The van der Waals surface area contributed by atoms with Gasteiger partial charge < -0.3 is 4.74 Å². The molecular formula is C25H19ClN4O. The lowest BCUT2D eigenvalue weighted by atomic mass is 10.0. The van der Waals surface area contributed by atoms with E-state index in [4.69, 9.17) is 21.3 Å². The van der Waals surface area contributed by atoms with Crippen LogP contribution in [0.15, 0.2) is 91.1 Å². The minimum atomic E-state index is 0.366. The third-order valence-electron chi connectivity index (χ3n) is 5.01. The second-order valence-electron chi connectivity index (χ2n) is 7.17. The van der Waals surface area contributed by atoms with Gasteiger partial charge in [0.25, 0.3) is 0 Å². The van der Waals surface area contributed by atoms with Gasteiger partial charge in [0.15, 0.2) is 0 Å². The predicted molar refractivity (Wildman–Crippen MR) is 122 cm³/mol. The Morgan fingerprint density at radius 3 is 2.45 bits per heavy atom. The van der Waals surface area contributed by atoms with Crippen LogP contribution in [0.5, 0.6) is 0 Å². The third kappa shape index (κ3) is 4.33. The maximum absolute atomic E-state index is 6.01. The fraction of sp³-hybridized carbons (Fsp3) is 0.0800. The molecule has 0 aliphatic heterocycles. The van der Waals surface area contributed by atoms with E-state index in [1.54, 1.807) is 4.68 Å². The van der Waals surface area contributed by atoms with Crippen molar-refractivity contribution in [1.29, 1.82) is 0 Å². The topological polar surface area (TPSA) is 52.8 Å². The highest BCUT2D eigenvalue weighted by atomic mass is 35.5. The van der Waals surface area contributed by atoms with E-state index in [0.717, 1.165) is 39.1 Å². The molecule has 0 aliphatic carbocycles. The van der Waals surface area contributed by atoms with Gasteiger partial charge in [0, 0.05) is 16.0 Å². The zero-order valence-corrected chi connectivity index (χ0v) is 17.4. The number of benzene rings is 3. The maximum atomic E-state index is 6.01. The molecule has 0 bridgehead atoms. The summed E-state index contributed by atoms with van der Waals surface area (Å²) in [6.45, 7) is 0.821. The Kier molecular flexibility index (Phi) is 5.44. The number of nitrogens with zero attached hydrogens (tertiary/aromatic N) is 4. The standard InChI is InChI=1S/C25H19ClN4O/c26-20-10-12-22(13-11-20)30-15-21(28-29-30)17-31-16-19-14-25(18-6-2-1-3-7-18)27-24-9-5-4-8-23(19)24/h1-15H,16-17H2. The maximum Gasteiger partial charge on any atom is 0.109 e. The van der Waals surface area contributed by atoms with Crippen LogP contribution in [0.2, 0.25) is 5.02 Å². The number of hydrogen-bond acceptors (Lipinski definition) is 4. The fourth-order valence-electron chi connectivity index (χ4n) is 3.47. The van der Waals surface area contributed by atoms with E-state index in [1.165, 1.54) is 0 Å². The average Bonchev–Trinajstić information content (AvgIpc) is 3.29. The van der Waals surface area contributed by atoms with E-state index in [-0.39, 0.29) is 0 Å². The number of fused-ring (bicyclic) bond motifs is 1. The molecule has 5 nitrogen and oxygen atoms in total. The van der Waals surface area contributed by atoms with Gasteiger partial charge in [-0.3, -0.25) is 0 Å². The summed E-state index contributed by atoms with van der Waals surface area (Å²) in [6, 6.07) is 27.9. The number of pyridine rings is 1. The molecule has 2 aromatic heterocycles. The van der Waals surface area contributed by atoms with Crippen LogP contribution in [0.3, 0.4) is 0 Å². The first-order chi connectivity index (χ1) is 15.3. The van der Waals surface area contributed by atoms with Crippen LogP contribution < -0.4 is 0 Å². The van der Waals surface area contributed by atoms with Gasteiger partial charge in [-0.1, -0.05) is 65.3 Å². The summed E-state index contributed by atoms with van der Waals surface area (Å²) in [6.07, 6.45) is 1.86.